The first-order chi connectivity index (χ1) is 15.5. The van der Waals surface area contributed by atoms with Crippen molar-refractivity contribution in [1.29, 1.82) is 0 Å². The highest BCUT2D eigenvalue weighted by Crippen LogP contribution is 2.40. The quantitative estimate of drug-likeness (QED) is 0.442. The molecule has 0 aliphatic carbocycles. The van der Waals surface area contributed by atoms with Gasteiger partial charge in [-0.1, -0.05) is 43.0 Å². The van der Waals surface area contributed by atoms with Gasteiger partial charge in [0.05, 0.1) is 19.8 Å². The third kappa shape index (κ3) is 4.10. The number of methoxy groups -OCH3 is 2. The highest BCUT2D eigenvalue weighted by atomic mass is 16.5. The van der Waals surface area contributed by atoms with Crippen molar-refractivity contribution in [3.63, 3.8) is 0 Å². The molecule has 5 nitrogen and oxygen atoms in total. The molecule has 0 saturated carbocycles. The molecule has 5 heteroatoms. The lowest BCUT2D eigenvalue weighted by Crippen LogP contribution is -1.98. The Morgan fingerprint density at radius 1 is 0.906 bits per heavy atom. The summed E-state index contributed by atoms with van der Waals surface area (Å²) in [6, 6.07) is 17.0. The average Bonchev–Trinajstić information content (AvgIpc) is 3.14. The predicted octanol–water partition coefficient (Wildman–Crippen LogP) is 5.85. The first-order valence-corrected chi connectivity index (χ1v) is 10.2. The third-order valence-corrected chi connectivity index (χ3v) is 5.35. The van der Waals surface area contributed by atoms with E-state index in [0.29, 0.717) is 35.2 Å². The van der Waals surface area contributed by atoms with E-state index in [2.05, 4.69) is 6.58 Å². The van der Waals surface area contributed by atoms with Gasteiger partial charge in [0.1, 0.15) is 18.1 Å². The van der Waals surface area contributed by atoms with E-state index in [4.69, 9.17) is 18.9 Å². The van der Waals surface area contributed by atoms with E-state index in [9.17, 15) is 4.79 Å². The molecule has 0 spiro atoms. The van der Waals surface area contributed by atoms with Gasteiger partial charge in [-0.2, -0.15) is 0 Å². The third-order valence-electron chi connectivity index (χ3n) is 5.35. The second-order valence-corrected chi connectivity index (χ2v) is 7.35. The Morgan fingerprint density at radius 3 is 2.28 bits per heavy atom. The molecular weight excluding hydrogens is 404 g/mol. The molecule has 3 aromatic carbocycles. The molecule has 0 aromatic heterocycles. The minimum absolute atomic E-state index is 0.163. The maximum Gasteiger partial charge on any atom is 0.231 e. The highest BCUT2D eigenvalue weighted by Gasteiger charge is 2.30. The van der Waals surface area contributed by atoms with Gasteiger partial charge in [0, 0.05) is 5.56 Å². The number of benzene rings is 3. The van der Waals surface area contributed by atoms with Crippen molar-refractivity contribution in [1.82, 2.24) is 0 Å². The second-order valence-electron chi connectivity index (χ2n) is 7.35. The van der Waals surface area contributed by atoms with Crippen molar-refractivity contribution in [3.8, 4) is 23.0 Å². The summed E-state index contributed by atoms with van der Waals surface area (Å²) < 4.78 is 22.6. The van der Waals surface area contributed by atoms with E-state index >= 15 is 0 Å². The van der Waals surface area contributed by atoms with Crippen LogP contribution in [0.4, 0.5) is 0 Å². The molecule has 1 aliphatic rings. The summed E-state index contributed by atoms with van der Waals surface area (Å²) in [5, 5.41) is 0. The number of carbonyl (C=O) groups excluding carboxylic acids is 1. The molecule has 0 bridgehead atoms. The number of hydrogen-bond acceptors (Lipinski definition) is 5. The molecule has 0 atom stereocenters. The van der Waals surface area contributed by atoms with Gasteiger partial charge in [0.2, 0.25) is 5.78 Å². The maximum atomic E-state index is 12.9. The zero-order valence-electron chi connectivity index (χ0n) is 18.3. The molecular formula is C27H24O5. The Bertz CT molecular complexity index is 1210. The van der Waals surface area contributed by atoms with E-state index in [-0.39, 0.29) is 11.5 Å². The standard InChI is InChI=1S/C27H24O5/c1-5-18-6-8-19(9-7-18)16-31-22-13-11-21-26(28)25(32-27(21)17(22)2)15-20-10-12-23(29-3)24(14-20)30-4/h5-15H,1,16H2,2-4H3/b25-15-. The van der Waals surface area contributed by atoms with Crippen molar-refractivity contribution in [2.75, 3.05) is 14.2 Å². The summed E-state index contributed by atoms with van der Waals surface area (Å²) in [5.74, 6) is 2.50. The molecule has 32 heavy (non-hydrogen) atoms. The lowest BCUT2D eigenvalue weighted by molar-refractivity contribution is 0.101. The van der Waals surface area contributed by atoms with Gasteiger partial charge in [0.15, 0.2) is 17.3 Å². The Morgan fingerprint density at radius 2 is 1.59 bits per heavy atom. The van der Waals surface area contributed by atoms with Crippen molar-refractivity contribution < 1.29 is 23.7 Å². The first kappa shape index (κ1) is 21.2. The Kier molecular flexibility index (Phi) is 5.99. The van der Waals surface area contributed by atoms with Gasteiger partial charge in [-0.3, -0.25) is 4.79 Å². The van der Waals surface area contributed by atoms with Crippen LogP contribution >= 0.6 is 0 Å². The Balaban J connectivity index is 1.55. The molecule has 0 unspecified atom stereocenters. The van der Waals surface area contributed by atoms with Crippen LogP contribution in [0.25, 0.3) is 12.2 Å². The summed E-state index contributed by atoms with van der Waals surface area (Å²) in [7, 11) is 3.15. The van der Waals surface area contributed by atoms with Crippen molar-refractivity contribution in [3.05, 3.63) is 94.8 Å². The SMILES string of the molecule is C=Cc1ccc(COc2ccc3c(c2C)O/C(=C\c2ccc(OC)c(OC)c2)C3=O)cc1. The van der Waals surface area contributed by atoms with Crippen molar-refractivity contribution in [2.24, 2.45) is 0 Å². The number of ether oxygens (including phenoxy) is 4. The van der Waals surface area contributed by atoms with E-state index < -0.39 is 0 Å². The molecule has 4 rings (SSSR count). The van der Waals surface area contributed by atoms with Gasteiger partial charge in [-0.25, -0.2) is 0 Å². The van der Waals surface area contributed by atoms with E-state index in [1.807, 2.05) is 43.3 Å². The lowest BCUT2D eigenvalue weighted by Gasteiger charge is -2.12. The summed E-state index contributed by atoms with van der Waals surface area (Å²) in [6.45, 7) is 6.07. The van der Waals surface area contributed by atoms with Crippen molar-refractivity contribution >= 4 is 17.9 Å². The van der Waals surface area contributed by atoms with Gasteiger partial charge in [-0.15, -0.1) is 0 Å². The second kappa shape index (κ2) is 9.02. The molecule has 0 radical (unpaired) electrons. The largest absolute Gasteiger partial charge is 0.493 e. The molecule has 0 N–H and O–H groups in total. The van der Waals surface area contributed by atoms with E-state index in [1.54, 1.807) is 44.6 Å². The smallest absolute Gasteiger partial charge is 0.231 e. The zero-order valence-corrected chi connectivity index (χ0v) is 18.3. The topological polar surface area (TPSA) is 54.0 Å². The van der Waals surface area contributed by atoms with Crippen LogP contribution in [0.15, 0.2) is 66.9 Å². The monoisotopic (exact) mass is 428 g/mol. The molecule has 3 aromatic rings. The van der Waals surface area contributed by atoms with Gasteiger partial charge in [0.25, 0.3) is 0 Å². The number of allylic oxidation sites excluding steroid dienone is 1. The fraction of sp³-hybridized carbons (Fsp3) is 0.148. The van der Waals surface area contributed by atoms with Crippen LogP contribution in [-0.4, -0.2) is 20.0 Å². The maximum absolute atomic E-state index is 12.9. The van der Waals surface area contributed by atoms with Gasteiger partial charge < -0.3 is 18.9 Å². The van der Waals surface area contributed by atoms with Gasteiger partial charge in [-0.05, 0) is 54.0 Å². The highest BCUT2D eigenvalue weighted by molar-refractivity contribution is 6.15. The first-order valence-electron chi connectivity index (χ1n) is 10.2. The van der Waals surface area contributed by atoms with Crippen LogP contribution in [-0.2, 0) is 6.61 Å². The molecule has 0 amide bonds. The van der Waals surface area contributed by atoms with Crippen LogP contribution in [0.1, 0.15) is 32.6 Å². The van der Waals surface area contributed by atoms with E-state index in [1.165, 1.54) is 0 Å². The molecule has 0 saturated heterocycles. The molecule has 0 fully saturated rings. The minimum Gasteiger partial charge on any atom is -0.493 e. The van der Waals surface area contributed by atoms with Crippen LogP contribution in [0.3, 0.4) is 0 Å². The molecule has 1 heterocycles. The fourth-order valence-corrected chi connectivity index (χ4v) is 3.53. The zero-order chi connectivity index (χ0) is 22.7. The Hall–Kier alpha value is -3.99. The van der Waals surface area contributed by atoms with Crippen LogP contribution < -0.4 is 18.9 Å². The van der Waals surface area contributed by atoms with Crippen LogP contribution in [0.2, 0.25) is 0 Å². The predicted molar refractivity (Wildman–Crippen MR) is 125 cm³/mol. The number of ketones is 1. The summed E-state index contributed by atoms with van der Waals surface area (Å²) >= 11 is 0. The summed E-state index contributed by atoms with van der Waals surface area (Å²) in [6.07, 6.45) is 3.50. The lowest BCUT2D eigenvalue weighted by atomic mass is 10.1. The van der Waals surface area contributed by atoms with Gasteiger partial charge >= 0.3 is 0 Å². The molecule has 162 valence electrons. The summed E-state index contributed by atoms with van der Waals surface area (Å²) in [4.78, 5) is 12.9. The fourth-order valence-electron chi connectivity index (χ4n) is 3.53. The minimum atomic E-state index is -0.163. The summed E-state index contributed by atoms with van der Waals surface area (Å²) in [5.41, 5.74) is 4.19. The van der Waals surface area contributed by atoms with E-state index in [0.717, 1.165) is 22.3 Å². The van der Waals surface area contributed by atoms with Crippen LogP contribution in [0.5, 0.6) is 23.0 Å². The Labute approximate surface area is 187 Å². The number of Topliss-reactive ketones (excluding diaryl/α,β-unsaturated/α-hetero) is 1. The number of carbonyl (C=O) groups is 1. The van der Waals surface area contributed by atoms with Crippen molar-refractivity contribution in [2.45, 2.75) is 13.5 Å². The number of fused-ring (bicyclic) bond motifs is 1. The number of rotatable bonds is 7. The number of hydrogen-bond donors (Lipinski definition) is 0. The normalized spacial score (nSPS) is 13.5. The molecule has 1 aliphatic heterocycles. The van der Waals surface area contributed by atoms with Crippen LogP contribution in [0, 0.1) is 6.92 Å². The average molecular weight is 428 g/mol.